The topological polar surface area (TPSA) is 51.2 Å². The molecular weight excluding hydrogens is 315 g/mol. The van der Waals surface area contributed by atoms with Crippen LogP contribution in [0.5, 0.6) is 0 Å². The van der Waals surface area contributed by atoms with Gasteiger partial charge in [-0.1, -0.05) is 18.2 Å². The number of carbonyl (C=O) groups is 1. The zero-order chi connectivity index (χ0) is 16.3. The summed E-state index contributed by atoms with van der Waals surface area (Å²) in [5.41, 5.74) is -0.0834. The number of carbonyl (C=O) groups excluding carboxylic acids is 1. The molecule has 23 heavy (non-hydrogen) atoms. The number of nitrogens with one attached hydrogen (secondary N) is 1. The van der Waals surface area contributed by atoms with Crippen molar-refractivity contribution in [2.45, 2.75) is 26.2 Å². The van der Waals surface area contributed by atoms with Crippen molar-refractivity contribution < 1.29 is 13.9 Å². The predicted octanol–water partition coefficient (Wildman–Crippen LogP) is 3.57. The summed E-state index contributed by atoms with van der Waals surface area (Å²) in [6.07, 6.45) is 3.27. The highest BCUT2D eigenvalue weighted by Crippen LogP contribution is 2.36. The minimum Gasteiger partial charge on any atom is -0.381 e. The number of aryl methyl sites for hydroxylation is 1. The van der Waals surface area contributed by atoms with Crippen molar-refractivity contribution in [3.63, 3.8) is 0 Å². The molecule has 1 aliphatic rings. The van der Waals surface area contributed by atoms with Gasteiger partial charge in [0.2, 0.25) is 5.91 Å². The van der Waals surface area contributed by atoms with Crippen molar-refractivity contribution >= 4 is 22.4 Å². The molecule has 0 radical (unpaired) electrons. The van der Waals surface area contributed by atoms with Gasteiger partial charge in [0.1, 0.15) is 5.82 Å². The molecule has 122 valence electrons. The van der Waals surface area contributed by atoms with E-state index < -0.39 is 5.41 Å². The van der Waals surface area contributed by atoms with Crippen molar-refractivity contribution in [3.8, 4) is 0 Å². The molecular formula is C17H19FN2O2S. The summed E-state index contributed by atoms with van der Waals surface area (Å²) in [5, 5.41) is 3.49. The standard InChI is InChI=1S/C17H19FN2O2S/c1-12-11-19-16(23-12)20-15(21)17(6-8-22-9-7-17)10-13-4-2-3-5-14(13)18/h2-5,11H,6-10H2,1H3,(H,19,20,21). The van der Waals surface area contributed by atoms with Crippen LogP contribution in [0, 0.1) is 18.2 Å². The monoisotopic (exact) mass is 334 g/mol. The van der Waals surface area contributed by atoms with Gasteiger partial charge >= 0.3 is 0 Å². The summed E-state index contributed by atoms with van der Waals surface area (Å²) in [6.45, 7) is 2.97. The minimum atomic E-state index is -0.653. The number of amides is 1. The van der Waals surface area contributed by atoms with Crippen molar-refractivity contribution in [1.29, 1.82) is 0 Å². The van der Waals surface area contributed by atoms with Crippen LogP contribution in [0.2, 0.25) is 0 Å². The molecule has 0 atom stereocenters. The summed E-state index contributed by atoms with van der Waals surface area (Å²) in [4.78, 5) is 18.1. The summed E-state index contributed by atoms with van der Waals surface area (Å²) < 4.78 is 19.4. The lowest BCUT2D eigenvalue weighted by Crippen LogP contribution is -2.43. The van der Waals surface area contributed by atoms with Crippen LogP contribution in [0.3, 0.4) is 0 Å². The average molecular weight is 334 g/mol. The Morgan fingerprint density at radius 1 is 1.39 bits per heavy atom. The zero-order valence-corrected chi connectivity index (χ0v) is 13.8. The first-order valence-corrected chi connectivity index (χ1v) is 8.46. The van der Waals surface area contributed by atoms with E-state index in [2.05, 4.69) is 10.3 Å². The second-order valence-electron chi connectivity index (χ2n) is 5.89. The number of anilines is 1. The Morgan fingerprint density at radius 2 is 2.13 bits per heavy atom. The quantitative estimate of drug-likeness (QED) is 0.930. The van der Waals surface area contributed by atoms with Gasteiger partial charge in [-0.05, 0) is 37.8 Å². The van der Waals surface area contributed by atoms with Crippen LogP contribution in [0.25, 0.3) is 0 Å². The molecule has 2 heterocycles. The van der Waals surface area contributed by atoms with E-state index in [0.29, 0.717) is 43.2 Å². The van der Waals surface area contributed by atoms with E-state index in [-0.39, 0.29) is 11.7 Å². The second kappa shape index (κ2) is 6.76. The molecule has 0 bridgehead atoms. The van der Waals surface area contributed by atoms with Crippen molar-refractivity contribution in [3.05, 3.63) is 46.7 Å². The molecule has 3 rings (SSSR count). The van der Waals surface area contributed by atoms with Crippen molar-refractivity contribution in [2.75, 3.05) is 18.5 Å². The highest BCUT2D eigenvalue weighted by atomic mass is 32.1. The summed E-state index contributed by atoms with van der Waals surface area (Å²) in [6, 6.07) is 6.64. The molecule has 0 spiro atoms. The third-order valence-corrected chi connectivity index (χ3v) is 5.09. The maximum Gasteiger partial charge on any atom is 0.232 e. The Kier molecular flexibility index (Phi) is 4.73. The van der Waals surface area contributed by atoms with Gasteiger partial charge in [-0.3, -0.25) is 4.79 Å². The lowest BCUT2D eigenvalue weighted by atomic mass is 9.74. The van der Waals surface area contributed by atoms with Gasteiger partial charge in [0, 0.05) is 24.3 Å². The number of ether oxygens (including phenoxy) is 1. The number of rotatable bonds is 4. The predicted molar refractivity (Wildman–Crippen MR) is 88.1 cm³/mol. The Labute approximate surface area is 138 Å². The molecule has 4 nitrogen and oxygen atoms in total. The van der Waals surface area contributed by atoms with Gasteiger partial charge in [0.05, 0.1) is 5.41 Å². The first-order valence-electron chi connectivity index (χ1n) is 7.64. The van der Waals surface area contributed by atoms with Crippen LogP contribution in [0.1, 0.15) is 23.3 Å². The molecule has 1 aliphatic heterocycles. The Hall–Kier alpha value is -1.79. The molecule has 0 aliphatic carbocycles. The van der Waals surface area contributed by atoms with Gasteiger partial charge in [-0.25, -0.2) is 9.37 Å². The molecule has 0 saturated carbocycles. The molecule has 6 heteroatoms. The van der Waals surface area contributed by atoms with Crippen LogP contribution >= 0.6 is 11.3 Å². The fourth-order valence-corrected chi connectivity index (χ4v) is 3.55. The van der Waals surface area contributed by atoms with E-state index in [4.69, 9.17) is 4.74 Å². The first-order chi connectivity index (χ1) is 11.1. The van der Waals surface area contributed by atoms with Crippen molar-refractivity contribution in [1.82, 2.24) is 4.98 Å². The van der Waals surface area contributed by atoms with E-state index in [0.717, 1.165) is 4.88 Å². The Morgan fingerprint density at radius 3 is 2.78 bits per heavy atom. The van der Waals surface area contributed by atoms with Crippen LogP contribution in [-0.4, -0.2) is 24.1 Å². The van der Waals surface area contributed by atoms with E-state index in [1.54, 1.807) is 24.4 Å². The molecule has 1 aromatic carbocycles. The van der Waals surface area contributed by atoms with Gasteiger partial charge in [0.15, 0.2) is 5.13 Å². The minimum absolute atomic E-state index is 0.0987. The molecule has 1 saturated heterocycles. The maximum absolute atomic E-state index is 14.0. The number of halogens is 1. The fourth-order valence-electron chi connectivity index (χ4n) is 2.89. The van der Waals surface area contributed by atoms with Crippen LogP contribution in [-0.2, 0) is 16.0 Å². The number of thiazole rings is 1. The third kappa shape index (κ3) is 3.59. The lowest BCUT2D eigenvalue weighted by Gasteiger charge is -2.35. The summed E-state index contributed by atoms with van der Waals surface area (Å²) >= 11 is 1.44. The van der Waals surface area contributed by atoms with Crippen LogP contribution in [0.4, 0.5) is 9.52 Å². The fraction of sp³-hybridized carbons (Fsp3) is 0.412. The molecule has 1 N–H and O–H groups in total. The number of nitrogens with zero attached hydrogens (tertiary/aromatic N) is 1. The smallest absolute Gasteiger partial charge is 0.232 e. The SMILES string of the molecule is Cc1cnc(NC(=O)C2(Cc3ccccc3F)CCOCC2)s1. The van der Waals surface area contributed by atoms with Crippen molar-refractivity contribution in [2.24, 2.45) is 5.41 Å². The van der Waals surface area contributed by atoms with E-state index >= 15 is 0 Å². The second-order valence-corrected chi connectivity index (χ2v) is 7.13. The number of hydrogen-bond acceptors (Lipinski definition) is 4. The van der Waals surface area contributed by atoms with Gasteiger partial charge in [0.25, 0.3) is 0 Å². The summed E-state index contributed by atoms with van der Waals surface area (Å²) in [5.74, 6) is -0.366. The summed E-state index contributed by atoms with van der Waals surface area (Å²) in [7, 11) is 0. The molecule has 1 aromatic heterocycles. The number of hydrogen-bond donors (Lipinski definition) is 1. The van der Waals surface area contributed by atoms with E-state index in [1.165, 1.54) is 17.4 Å². The molecule has 1 fully saturated rings. The normalized spacial score (nSPS) is 17.0. The lowest BCUT2D eigenvalue weighted by molar-refractivity contribution is -0.131. The van der Waals surface area contributed by atoms with Crippen LogP contribution in [0.15, 0.2) is 30.5 Å². The molecule has 1 amide bonds. The Balaban J connectivity index is 1.84. The van der Waals surface area contributed by atoms with E-state index in [9.17, 15) is 9.18 Å². The van der Waals surface area contributed by atoms with Gasteiger partial charge in [-0.2, -0.15) is 0 Å². The highest BCUT2D eigenvalue weighted by Gasteiger charge is 2.41. The number of benzene rings is 1. The third-order valence-electron chi connectivity index (χ3n) is 4.26. The van der Waals surface area contributed by atoms with Crippen LogP contribution < -0.4 is 5.32 Å². The van der Waals surface area contributed by atoms with E-state index in [1.807, 2.05) is 6.92 Å². The first kappa shape index (κ1) is 16.1. The number of aromatic nitrogens is 1. The highest BCUT2D eigenvalue weighted by molar-refractivity contribution is 7.15. The van der Waals surface area contributed by atoms with Gasteiger partial charge < -0.3 is 10.1 Å². The largest absolute Gasteiger partial charge is 0.381 e. The average Bonchev–Trinajstić information content (AvgIpc) is 2.95. The molecule has 0 unspecified atom stereocenters. The zero-order valence-electron chi connectivity index (χ0n) is 13.0. The van der Waals surface area contributed by atoms with Gasteiger partial charge in [-0.15, -0.1) is 11.3 Å². The Bertz CT molecular complexity index is 695. The maximum atomic E-state index is 14.0. The molecule has 2 aromatic rings.